The highest BCUT2D eigenvalue weighted by Crippen LogP contribution is 2.38. The monoisotopic (exact) mass is 411 g/mol. The van der Waals surface area contributed by atoms with Crippen molar-refractivity contribution in [1.82, 2.24) is 9.97 Å². The van der Waals surface area contributed by atoms with E-state index in [0.29, 0.717) is 11.6 Å². The molecular formula is C18H13F4N3O2S. The fourth-order valence-electron chi connectivity index (χ4n) is 2.50. The molecule has 10 heteroatoms. The average Bonchev–Trinajstić information content (AvgIpc) is 2.63. The van der Waals surface area contributed by atoms with Crippen molar-refractivity contribution in [3.8, 4) is 11.3 Å². The highest BCUT2D eigenvalue weighted by atomic mass is 32.2. The van der Waals surface area contributed by atoms with Crippen LogP contribution in [0.25, 0.3) is 11.3 Å². The molecule has 5 nitrogen and oxygen atoms in total. The minimum atomic E-state index is -4.76. The minimum absolute atomic E-state index is 0.0915. The van der Waals surface area contributed by atoms with Gasteiger partial charge in [0.15, 0.2) is 5.03 Å². The first kappa shape index (κ1) is 19.7. The van der Waals surface area contributed by atoms with Crippen LogP contribution in [0.2, 0.25) is 0 Å². The van der Waals surface area contributed by atoms with Crippen molar-refractivity contribution in [2.45, 2.75) is 18.1 Å². The molecule has 2 aromatic heterocycles. The molecule has 1 aromatic carbocycles. The smallest absolute Gasteiger partial charge is 0.262 e. The highest BCUT2D eigenvalue weighted by Gasteiger charge is 2.35. The van der Waals surface area contributed by atoms with E-state index in [1.54, 1.807) is 0 Å². The number of aromatic nitrogens is 2. The summed E-state index contributed by atoms with van der Waals surface area (Å²) in [5, 5.41) is -0.319. The van der Waals surface area contributed by atoms with Crippen LogP contribution in [0.3, 0.4) is 0 Å². The first-order valence-electron chi connectivity index (χ1n) is 7.86. The molecule has 146 valence electrons. The van der Waals surface area contributed by atoms with Gasteiger partial charge in [-0.15, -0.1) is 0 Å². The molecule has 2 heterocycles. The number of pyridine rings is 2. The van der Waals surface area contributed by atoms with Gasteiger partial charge in [0.05, 0.1) is 11.3 Å². The highest BCUT2D eigenvalue weighted by molar-refractivity contribution is 7.92. The maximum Gasteiger partial charge on any atom is 0.418 e. The molecule has 3 aromatic rings. The quantitative estimate of drug-likeness (QED) is 0.646. The van der Waals surface area contributed by atoms with Gasteiger partial charge >= 0.3 is 6.18 Å². The number of halogens is 4. The number of sulfonamides is 1. The van der Waals surface area contributed by atoms with Gasteiger partial charge < -0.3 is 0 Å². The summed E-state index contributed by atoms with van der Waals surface area (Å²) in [5.74, 6) is -1.09. The standard InChI is InChI=1S/C18H13F4N3O2S/c1-11-5-6-12(19)10-13(11)17-14(18(20,21)22)7-8-15(24-17)25-28(26,27)16-4-2-3-9-23-16/h2-10H,1H3,(H,24,25). The van der Waals surface area contributed by atoms with Crippen molar-refractivity contribution < 1.29 is 26.0 Å². The molecular weight excluding hydrogens is 398 g/mol. The number of rotatable bonds is 4. The zero-order valence-corrected chi connectivity index (χ0v) is 15.1. The third-order valence-corrected chi connectivity index (χ3v) is 5.08. The second-order valence-electron chi connectivity index (χ2n) is 5.82. The summed E-state index contributed by atoms with van der Waals surface area (Å²) in [5.41, 5.74) is -1.43. The normalized spacial score (nSPS) is 12.0. The molecule has 0 bridgehead atoms. The lowest BCUT2D eigenvalue weighted by Gasteiger charge is -2.16. The molecule has 0 spiro atoms. The molecule has 0 aliphatic heterocycles. The van der Waals surface area contributed by atoms with Crippen LogP contribution < -0.4 is 4.72 Å². The van der Waals surface area contributed by atoms with Gasteiger partial charge in [-0.2, -0.15) is 21.6 Å². The molecule has 0 saturated carbocycles. The van der Waals surface area contributed by atoms with Gasteiger partial charge in [-0.05, 0) is 48.9 Å². The number of hydrogen-bond acceptors (Lipinski definition) is 4. The van der Waals surface area contributed by atoms with Gasteiger partial charge in [0.25, 0.3) is 10.0 Å². The molecule has 0 aliphatic carbocycles. The Morgan fingerprint density at radius 3 is 2.43 bits per heavy atom. The number of nitrogens with zero attached hydrogens (tertiary/aromatic N) is 2. The lowest BCUT2D eigenvalue weighted by atomic mass is 10.0. The number of nitrogens with one attached hydrogen (secondary N) is 1. The van der Waals surface area contributed by atoms with Crippen LogP contribution in [0, 0.1) is 12.7 Å². The number of benzene rings is 1. The summed E-state index contributed by atoms with van der Waals surface area (Å²) in [7, 11) is -4.16. The lowest BCUT2D eigenvalue weighted by Crippen LogP contribution is -2.16. The Morgan fingerprint density at radius 2 is 1.79 bits per heavy atom. The van der Waals surface area contributed by atoms with E-state index in [1.807, 2.05) is 0 Å². The first-order valence-corrected chi connectivity index (χ1v) is 9.35. The molecule has 28 heavy (non-hydrogen) atoms. The fraction of sp³-hybridized carbons (Fsp3) is 0.111. The summed E-state index contributed by atoms with van der Waals surface area (Å²) in [6.45, 7) is 1.50. The lowest BCUT2D eigenvalue weighted by molar-refractivity contribution is -0.137. The SMILES string of the molecule is Cc1ccc(F)cc1-c1nc(NS(=O)(=O)c2ccccn2)ccc1C(F)(F)F. The second-order valence-corrected chi connectivity index (χ2v) is 7.45. The Morgan fingerprint density at radius 1 is 1.04 bits per heavy atom. The van der Waals surface area contributed by atoms with Crippen LogP contribution in [0.15, 0.2) is 59.8 Å². The number of alkyl halides is 3. The Bertz CT molecular complexity index is 1120. The topological polar surface area (TPSA) is 72.0 Å². The summed E-state index contributed by atoms with van der Waals surface area (Å²) < 4.78 is 80.7. The van der Waals surface area contributed by atoms with Crippen LogP contribution in [0.4, 0.5) is 23.4 Å². The third kappa shape index (κ3) is 4.11. The van der Waals surface area contributed by atoms with Gasteiger partial charge in [-0.25, -0.2) is 14.4 Å². The predicted molar refractivity (Wildman–Crippen MR) is 94.4 cm³/mol. The van der Waals surface area contributed by atoms with Crippen molar-refractivity contribution in [2.24, 2.45) is 0 Å². The average molecular weight is 411 g/mol. The van der Waals surface area contributed by atoms with Crippen molar-refractivity contribution in [3.63, 3.8) is 0 Å². The zero-order chi connectivity index (χ0) is 20.5. The van der Waals surface area contributed by atoms with Crippen LogP contribution in [-0.4, -0.2) is 18.4 Å². The molecule has 3 rings (SSSR count). The summed E-state index contributed by atoms with van der Waals surface area (Å²) in [6.07, 6.45) is -3.50. The van der Waals surface area contributed by atoms with Crippen LogP contribution in [0.1, 0.15) is 11.1 Å². The van der Waals surface area contributed by atoms with E-state index in [1.165, 1.54) is 37.4 Å². The maximum atomic E-state index is 13.6. The van der Waals surface area contributed by atoms with Crippen molar-refractivity contribution in [1.29, 1.82) is 0 Å². The summed E-state index contributed by atoms with van der Waals surface area (Å²) in [6, 6.07) is 9.12. The number of anilines is 1. The van der Waals surface area contributed by atoms with E-state index in [9.17, 15) is 26.0 Å². The number of aryl methyl sites for hydroxylation is 1. The maximum absolute atomic E-state index is 13.6. The van der Waals surface area contributed by atoms with Gasteiger partial charge in [-0.1, -0.05) is 12.1 Å². The molecule has 1 N–H and O–H groups in total. The van der Waals surface area contributed by atoms with E-state index < -0.39 is 33.3 Å². The van der Waals surface area contributed by atoms with Gasteiger partial charge in [0.2, 0.25) is 0 Å². The first-order chi connectivity index (χ1) is 13.1. The number of hydrogen-bond donors (Lipinski definition) is 1. The van der Waals surface area contributed by atoms with Crippen molar-refractivity contribution in [3.05, 3.63) is 71.7 Å². The van der Waals surface area contributed by atoms with Crippen LogP contribution >= 0.6 is 0 Å². The molecule has 0 unspecified atom stereocenters. The Kier molecular flexibility index (Phi) is 5.07. The summed E-state index contributed by atoms with van der Waals surface area (Å²) in [4.78, 5) is 7.52. The Labute approximate surface area is 158 Å². The second kappa shape index (κ2) is 7.19. The Hall–Kier alpha value is -3.01. The molecule has 0 atom stereocenters. The van der Waals surface area contributed by atoms with E-state index in [-0.39, 0.29) is 16.4 Å². The van der Waals surface area contributed by atoms with E-state index >= 15 is 0 Å². The van der Waals surface area contributed by atoms with Crippen LogP contribution in [-0.2, 0) is 16.2 Å². The van der Waals surface area contributed by atoms with E-state index in [4.69, 9.17) is 0 Å². The molecule has 0 amide bonds. The minimum Gasteiger partial charge on any atom is -0.262 e. The van der Waals surface area contributed by atoms with Gasteiger partial charge in [0, 0.05) is 11.8 Å². The molecule has 0 fully saturated rings. The van der Waals surface area contributed by atoms with Gasteiger partial charge in [-0.3, -0.25) is 4.72 Å². The van der Waals surface area contributed by atoms with Crippen molar-refractivity contribution >= 4 is 15.8 Å². The zero-order valence-electron chi connectivity index (χ0n) is 14.3. The third-order valence-electron chi connectivity index (χ3n) is 3.81. The van der Waals surface area contributed by atoms with Gasteiger partial charge in [0.1, 0.15) is 11.6 Å². The molecule has 0 aliphatic rings. The molecule has 0 saturated heterocycles. The van der Waals surface area contributed by atoms with E-state index in [0.717, 1.165) is 18.2 Å². The van der Waals surface area contributed by atoms with Crippen LogP contribution in [0.5, 0.6) is 0 Å². The van der Waals surface area contributed by atoms with Crippen molar-refractivity contribution in [2.75, 3.05) is 4.72 Å². The van der Waals surface area contributed by atoms with E-state index in [2.05, 4.69) is 14.7 Å². The molecule has 0 radical (unpaired) electrons. The predicted octanol–water partition coefficient (Wildman–Crippen LogP) is 4.41. The largest absolute Gasteiger partial charge is 0.418 e. The Balaban J connectivity index is 2.12. The fourth-order valence-corrected chi connectivity index (χ4v) is 3.45. The summed E-state index contributed by atoms with van der Waals surface area (Å²) >= 11 is 0.